The molecular formula is C22H26N6O2. The Morgan fingerprint density at radius 1 is 1.27 bits per heavy atom. The Labute approximate surface area is 175 Å². The topological polar surface area (TPSA) is 93.1 Å². The van der Waals surface area contributed by atoms with Gasteiger partial charge in [-0.2, -0.15) is 5.10 Å². The number of ether oxygens (including phenoxy) is 1. The Bertz CT molecular complexity index is 1000. The third kappa shape index (κ3) is 4.34. The monoisotopic (exact) mass is 406 g/mol. The van der Waals surface area contributed by atoms with Crippen molar-refractivity contribution >= 4 is 5.91 Å². The number of hydrogen-bond acceptors (Lipinski definition) is 6. The summed E-state index contributed by atoms with van der Waals surface area (Å²) in [6.45, 7) is 3.68. The van der Waals surface area contributed by atoms with Crippen LogP contribution >= 0.6 is 0 Å². The molecule has 8 nitrogen and oxygen atoms in total. The number of aromatic nitrogens is 3. The van der Waals surface area contributed by atoms with E-state index in [-0.39, 0.29) is 17.9 Å². The molecule has 3 aromatic rings. The van der Waals surface area contributed by atoms with E-state index in [4.69, 9.17) is 9.84 Å². The van der Waals surface area contributed by atoms with Gasteiger partial charge in [-0.15, -0.1) is 0 Å². The van der Waals surface area contributed by atoms with E-state index < -0.39 is 0 Å². The Balaban J connectivity index is 1.55. The highest BCUT2D eigenvalue weighted by Crippen LogP contribution is 2.28. The molecule has 2 aromatic heterocycles. The number of carbonyl (C=O) groups excluding carboxylic acids is 1. The quantitative estimate of drug-likeness (QED) is 0.555. The van der Waals surface area contributed by atoms with Gasteiger partial charge in [0.1, 0.15) is 5.75 Å². The lowest BCUT2D eigenvalue weighted by Crippen LogP contribution is -2.39. The Hall–Kier alpha value is -3.23. The second kappa shape index (κ2) is 9.06. The van der Waals surface area contributed by atoms with Gasteiger partial charge in [0, 0.05) is 42.7 Å². The first-order valence-electron chi connectivity index (χ1n) is 10.0. The highest BCUT2D eigenvalue weighted by atomic mass is 16.5. The number of pyridine rings is 1. The fourth-order valence-corrected chi connectivity index (χ4v) is 3.60. The van der Waals surface area contributed by atoms with Gasteiger partial charge in [-0.3, -0.25) is 25.3 Å². The molecule has 0 spiro atoms. The zero-order valence-corrected chi connectivity index (χ0v) is 17.1. The van der Waals surface area contributed by atoms with Crippen LogP contribution in [0.3, 0.4) is 0 Å². The molecular weight excluding hydrogens is 380 g/mol. The van der Waals surface area contributed by atoms with Gasteiger partial charge < -0.3 is 10.1 Å². The number of amides is 1. The molecule has 1 aliphatic rings. The predicted octanol–water partition coefficient (Wildman–Crippen LogP) is 1.85. The van der Waals surface area contributed by atoms with Crippen molar-refractivity contribution in [3.05, 3.63) is 54.9 Å². The molecule has 8 heteroatoms. The molecule has 30 heavy (non-hydrogen) atoms. The molecule has 1 aromatic carbocycles. The molecule has 1 amide bonds. The van der Waals surface area contributed by atoms with Crippen molar-refractivity contribution in [3.63, 3.8) is 0 Å². The first-order chi connectivity index (χ1) is 14.7. The van der Waals surface area contributed by atoms with E-state index in [1.807, 2.05) is 54.1 Å². The second-order valence-corrected chi connectivity index (χ2v) is 7.32. The molecule has 2 atom stereocenters. The number of carbonyl (C=O) groups is 1. The van der Waals surface area contributed by atoms with Crippen molar-refractivity contribution in [3.8, 4) is 28.3 Å². The van der Waals surface area contributed by atoms with Crippen LogP contribution in [0, 0.1) is 5.92 Å². The highest BCUT2D eigenvalue weighted by molar-refractivity contribution is 5.79. The lowest BCUT2D eigenvalue weighted by Gasteiger charge is -2.14. The van der Waals surface area contributed by atoms with E-state index >= 15 is 0 Å². The number of hydrazine groups is 1. The van der Waals surface area contributed by atoms with Crippen LogP contribution < -0.4 is 20.9 Å². The second-order valence-electron chi connectivity index (χ2n) is 7.32. The average Bonchev–Trinajstić information content (AvgIpc) is 3.41. The van der Waals surface area contributed by atoms with Crippen molar-refractivity contribution in [2.24, 2.45) is 5.92 Å². The van der Waals surface area contributed by atoms with E-state index in [9.17, 15) is 4.79 Å². The number of nitrogens with zero attached hydrogens (tertiary/aromatic N) is 3. The van der Waals surface area contributed by atoms with E-state index in [1.165, 1.54) is 0 Å². The summed E-state index contributed by atoms with van der Waals surface area (Å²) in [4.78, 5) is 16.7. The SMILES string of the molecule is COc1cccc(-c2cc(-c3cccnc3)nn2CCNC(=O)C2CNNC2C)c1. The molecule has 4 rings (SSSR count). The van der Waals surface area contributed by atoms with E-state index in [0.717, 1.165) is 28.3 Å². The Morgan fingerprint density at radius 3 is 2.87 bits per heavy atom. The third-order valence-corrected chi connectivity index (χ3v) is 5.32. The van der Waals surface area contributed by atoms with Crippen molar-refractivity contribution in [1.82, 2.24) is 30.9 Å². The van der Waals surface area contributed by atoms with E-state index in [2.05, 4.69) is 21.2 Å². The molecule has 156 valence electrons. The lowest BCUT2D eigenvalue weighted by molar-refractivity contribution is -0.124. The Kier molecular flexibility index (Phi) is 6.06. The van der Waals surface area contributed by atoms with Gasteiger partial charge in [0.15, 0.2) is 0 Å². The number of methoxy groups -OCH3 is 1. The van der Waals surface area contributed by atoms with Crippen molar-refractivity contribution in [2.75, 3.05) is 20.2 Å². The number of rotatable bonds is 7. The fourth-order valence-electron chi connectivity index (χ4n) is 3.60. The number of nitrogens with one attached hydrogen (secondary N) is 3. The van der Waals surface area contributed by atoms with Crippen molar-refractivity contribution in [1.29, 1.82) is 0 Å². The molecule has 3 N–H and O–H groups in total. The van der Waals surface area contributed by atoms with E-state index in [1.54, 1.807) is 19.5 Å². The molecule has 2 unspecified atom stereocenters. The smallest absolute Gasteiger partial charge is 0.226 e. The molecule has 1 fully saturated rings. The van der Waals surface area contributed by atoms with Gasteiger partial charge in [0.05, 0.1) is 31.0 Å². The molecule has 0 bridgehead atoms. The largest absolute Gasteiger partial charge is 0.497 e. The zero-order chi connectivity index (χ0) is 20.9. The first-order valence-corrected chi connectivity index (χ1v) is 10.0. The summed E-state index contributed by atoms with van der Waals surface area (Å²) < 4.78 is 7.30. The van der Waals surface area contributed by atoms with Crippen LogP contribution in [0.4, 0.5) is 0 Å². The molecule has 1 saturated heterocycles. The summed E-state index contributed by atoms with van der Waals surface area (Å²) in [5, 5.41) is 7.82. The maximum Gasteiger partial charge on any atom is 0.226 e. The van der Waals surface area contributed by atoms with Crippen molar-refractivity contribution in [2.45, 2.75) is 19.5 Å². The fraction of sp³-hybridized carbons (Fsp3) is 0.318. The van der Waals surface area contributed by atoms with Gasteiger partial charge in [-0.25, -0.2) is 0 Å². The van der Waals surface area contributed by atoms with Crippen LogP contribution in [0.15, 0.2) is 54.9 Å². The molecule has 1 aliphatic heterocycles. The minimum Gasteiger partial charge on any atom is -0.497 e. The maximum absolute atomic E-state index is 12.5. The van der Waals surface area contributed by atoms with Crippen LogP contribution in [0.2, 0.25) is 0 Å². The lowest BCUT2D eigenvalue weighted by atomic mass is 10.0. The molecule has 0 radical (unpaired) electrons. The normalized spacial score (nSPS) is 18.3. The van der Waals surface area contributed by atoms with Crippen LogP contribution in [-0.2, 0) is 11.3 Å². The summed E-state index contributed by atoms with van der Waals surface area (Å²) >= 11 is 0. The maximum atomic E-state index is 12.5. The van der Waals surface area contributed by atoms with E-state index in [0.29, 0.717) is 19.6 Å². The number of benzene rings is 1. The molecule has 0 saturated carbocycles. The minimum absolute atomic E-state index is 0.0440. The summed E-state index contributed by atoms with van der Waals surface area (Å²) in [7, 11) is 1.65. The van der Waals surface area contributed by atoms with Gasteiger partial charge >= 0.3 is 0 Å². The minimum atomic E-state index is -0.0774. The molecule has 3 heterocycles. The zero-order valence-electron chi connectivity index (χ0n) is 17.1. The average molecular weight is 406 g/mol. The highest BCUT2D eigenvalue weighted by Gasteiger charge is 2.29. The molecule has 0 aliphatic carbocycles. The van der Waals surface area contributed by atoms with Gasteiger partial charge in [-0.1, -0.05) is 12.1 Å². The predicted molar refractivity (Wildman–Crippen MR) is 115 cm³/mol. The number of hydrogen-bond donors (Lipinski definition) is 3. The van der Waals surface area contributed by atoms with Gasteiger partial charge in [-0.05, 0) is 37.3 Å². The summed E-state index contributed by atoms with van der Waals surface area (Å²) in [5.74, 6) is 0.751. The van der Waals surface area contributed by atoms with Crippen LogP contribution in [0.25, 0.3) is 22.5 Å². The van der Waals surface area contributed by atoms with Crippen LogP contribution in [0.1, 0.15) is 6.92 Å². The standard InChI is InChI=1S/C22H26N6O2/c1-15-19(14-25-26-15)22(29)24-9-10-28-21(16-5-3-7-18(11-16)30-2)12-20(27-28)17-6-4-8-23-13-17/h3-8,11-13,15,19,25-26H,9-10,14H2,1-2H3,(H,24,29). The van der Waals surface area contributed by atoms with Gasteiger partial charge in [0.25, 0.3) is 0 Å². The van der Waals surface area contributed by atoms with Crippen LogP contribution in [-0.4, -0.2) is 46.9 Å². The van der Waals surface area contributed by atoms with Crippen LogP contribution in [0.5, 0.6) is 5.75 Å². The van der Waals surface area contributed by atoms with Gasteiger partial charge in [0.2, 0.25) is 5.91 Å². The van der Waals surface area contributed by atoms with Crippen molar-refractivity contribution < 1.29 is 9.53 Å². The third-order valence-electron chi connectivity index (χ3n) is 5.32. The summed E-state index contributed by atoms with van der Waals surface area (Å²) in [6, 6.07) is 13.9. The summed E-state index contributed by atoms with van der Waals surface area (Å²) in [6.07, 6.45) is 3.54. The first kappa shape index (κ1) is 20.1. The summed E-state index contributed by atoms with van der Waals surface area (Å²) in [5.41, 5.74) is 9.85. The Morgan fingerprint density at radius 2 is 2.13 bits per heavy atom.